The molecule has 0 fully saturated rings. The van der Waals surface area contributed by atoms with Crippen molar-refractivity contribution in [2.24, 2.45) is 5.92 Å². The number of hydrogen-bond acceptors (Lipinski definition) is 5. The molecule has 0 aliphatic rings. The second kappa shape index (κ2) is 12.2. The zero-order valence-electron chi connectivity index (χ0n) is 19.2. The second-order valence-corrected chi connectivity index (χ2v) is 9.85. The van der Waals surface area contributed by atoms with Crippen LogP contribution in [0.25, 0.3) is 0 Å². The Morgan fingerprint density at radius 1 is 1.09 bits per heavy atom. The molecular weight excluding hydrogens is 493 g/mol. The van der Waals surface area contributed by atoms with Gasteiger partial charge in [-0.3, -0.25) is 9.59 Å². The van der Waals surface area contributed by atoms with Crippen molar-refractivity contribution >= 4 is 52.5 Å². The van der Waals surface area contributed by atoms with Crippen molar-refractivity contribution in [3.8, 4) is 0 Å². The van der Waals surface area contributed by atoms with Crippen LogP contribution in [-0.2, 0) is 11.3 Å². The lowest BCUT2D eigenvalue weighted by Crippen LogP contribution is -2.31. The summed E-state index contributed by atoms with van der Waals surface area (Å²) in [6.45, 7) is 6.73. The number of anilines is 1. The molecule has 1 aromatic heterocycles. The molecule has 1 heterocycles. The van der Waals surface area contributed by atoms with Gasteiger partial charge in [0.05, 0.1) is 22.4 Å². The van der Waals surface area contributed by atoms with E-state index in [0.29, 0.717) is 51.2 Å². The standard InChI is InChI=1S/C24H27Cl2N5O2S/c1-4-31-22(20(12-15(2)3)28-23(33)18-10-5-6-11-19(18)26)29-30-24(31)34-14-21(32)27-17-9-7-8-16(25)13-17/h5-11,13,15,20H,4,12,14H2,1-3H3,(H,27,32)(H,28,33)/t20-/m0/s1. The first kappa shape index (κ1) is 26.1. The lowest BCUT2D eigenvalue weighted by Gasteiger charge is -2.21. The van der Waals surface area contributed by atoms with Crippen LogP contribution in [-0.4, -0.2) is 32.3 Å². The van der Waals surface area contributed by atoms with Gasteiger partial charge in [-0.1, -0.05) is 67.0 Å². The summed E-state index contributed by atoms with van der Waals surface area (Å²) in [5.74, 6) is 0.667. The van der Waals surface area contributed by atoms with E-state index in [2.05, 4.69) is 34.7 Å². The fraction of sp³-hybridized carbons (Fsp3) is 0.333. The van der Waals surface area contributed by atoms with E-state index in [1.54, 1.807) is 48.5 Å². The molecule has 2 N–H and O–H groups in total. The number of halogens is 2. The van der Waals surface area contributed by atoms with E-state index in [1.165, 1.54) is 11.8 Å². The van der Waals surface area contributed by atoms with Gasteiger partial charge in [0.25, 0.3) is 5.91 Å². The first-order valence-corrected chi connectivity index (χ1v) is 12.7. The fourth-order valence-corrected chi connectivity index (χ4v) is 4.66. The number of hydrogen-bond donors (Lipinski definition) is 2. The lowest BCUT2D eigenvalue weighted by molar-refractivity contribution is -0.113. The van der Waals surface area contributed by atoms with Crippen LogP contribution < -0.4 is 10.6 Å². The van der Waals surface area contributed by atoms with Gasteiger partial charge in [-0.2, -0.15) is 0 Å². The summed E-state index contributed by atoms with van der Waals surface area (Å²) in [7, 11) is 0. The van der Waals surface area contributed by atoms with Gasteiger partial charge in [0.15, 0.2) is 11.0 Å². The SMILES string of the molecule is CCn1c(SCC(=O)Nc2cccc(Cl)c2)nnc1[C@H](CC(C)C)NC(=O)c1ccccc1Cl. The Labute approximate surface area is 213 Å². The van der Waals surface area contributed by atoms with Crippen molar-refractivity contribution < 1.29 is 9.59 Å². The molecule has 34 heavy (non-hydrogen) atoms. The number of benzene rings is 2. The molecule has 0 radical (unpaired) electrons. The summed E-state index contributed by atoms with van der Waals surface area (Å²) in [5, 5.41) is 16.1. The molecule has 180 valence electrons. The molecule has 0 saturated carbocycles. The summed E-state index contributed by atoms with van der Waals surface area (Å²) in [6, 6.07) is 13.6. The van der Waals surface area contributed by atoms with Gasteiger partial charge in [0.2, 0.25) is 5.91 Å². The number of nitrogens with zero attached hydrogens (tertiary/aromatic N) is 3. The number of nitrogens with one attached hydrogen (secondary N) is 2. The first-order chi connectivity index (χ1) is 16.3. The van der Waals surface area contributed by atoms with Crippen molar-refractivity contribution in [2.75, 3.05) is 11.1 Å². The summed E-state index contributed by atoms with van der Waals surface area (Å²) in [5.41, 5.74) is 1.04. The molecule has 0 bridgehead atoms. The first-order valence-electron chi connectivity index (χ1n) is 10.9. The minimum Gasteiger partial charge on any atom is -0.342 e. The molecule has 0 saturated heterocycles. The fourth-order valence-electron chi connectivity index (χ4n) is 3.44. The van der Waals surface area contributed by atoms with Crippen LogP contribution in [0.15, 0.2) is 53.7 Å². The summed E-state index contributed by atoms with van der Waals surface area (Å²) in [6.07, 6.45) is 0.675. The topological polar surface area (TPSA) is 88.9 Å². The van der Waals surface area contributed by atoms with E-state index in [-0.39, 0.29) is 23.6 Å². The number of carbonyl (C=O) groups is 2. The van der Waals surface area contributed by atoms with E-state index in [4.69, 9.17) is 23.2 Å². The number of thioether (sulfide) groups is 1. The molecule has 10 heteroatoms. The maximum Gasteiger partial charge on any atom is 0.253 e. The average molecular weight is 520 g/mol. The van der Waals surface area contributed by atoms with Crippen molar-refractivity contribution in [1.82, 2.24) is 20.1 Å². The number of carbonyl (C=O) groups excluding carboxylic acids is 2. The Morgan fingerprint density at radius 3 is 2.53 bits per heavy atom. The molecule has 2 amide bonds. The van der Waals surface area contributed by atoms with Crippen LogP contribution in [0.5, 0.6) is 0 Å². The Hall–Kier alpha value is -2.55. The van der Waals surface area contributed by atoms with Gasteiger partial charge < -0.3 is 15.2 Å². The molecule has 0 spiro atoms. The van der Waals surface area contributed by atoms with Crippen molar-refractivity contribution in [3.05, 3.63) is 70.0 Å². The third-order valence-electron chi connectivity index (χ3n) is 4.95. The summed E-state index contributed by atoms with van der Waals surface area (Å²) in [4.78, 5) is 25.3. The largest absolute Gasteiger partial charge is 0.342 e. The van der Waals surface area contributed by atoms with Crippen molar-refractivity contribution in [2.45, 2.75) is 44.9 Å². The van der Waals surface area contributed by atoms with Crippen LogP contribution >= 0.6 is 35.0 Å². The smallest absolute Gasteiger partial charge is 0.253 e. The summed E-state index contributed by atoms with van der Waals surface area (Å²) < 4.78 is 1.93. The van der Waals surface area contributed by atoms with E-state index in [0.717, 1.165) is 0 Å². The Morgan fingerprint density at radius 2 is 1.85 bits per heavy atom. The maximum absolute atomic E-state index is 12.9. The summed E-state index contributed by atoms with van der Waals surface area (Å²) >= 11 is 13.5. The van der Waals surface area contributed by atoms with Gasteiger partial charge in [-0.15, -0.1) is 10.2 Å². The monoisotopic (exact) mass is 519 g/mol. The molecule has 2 aromatic carbocycles. The predicted molar refractivity (Wildman–Crippen MR) is 138 cm³/mol. The number of amides is 2. The maximum atomic E-state index is 12.9. The zero-order chi connectivity index (χ0) is 24.7. The Bertz CT molecular complexity index is 1150. The van der Waals surface area contributed by atoms with E-state index < -0.39 is 0 Å². The normalized spacial score (nSPS) is 11.9. The van der Waals surface area contributed by atoms with E-state index in [1.807, 2.05) is 11.5 Å². The van der Waals surface area contributed by atoms with Gasteiger partial charge in [0, 0.05) is 17.3 Å². The highest BCUT2D eigenvalue weighted by atomic mass is 35.5. The molecule has 0 aliphatic carbocycles. The quantitative estimate of drug-likeness (QED) is 0.327. The third-order valence-corrected chi connectivity index (χ3v) is 6.48. The molecule has 0 unspecified atom stereocenters. The predicted octanol–water partition coefficient (Wildman–Crippen LogP) is 5.85. The molecule has 3 aromatic rings. The Kier molecular flexibility index (Phi) is 9.38. The van der Waals surface area contributed by atoms with E-state index >= 15 is 0 Å². The zero-order valence-corrected chi connectivity index (χ0v) is 21.5. The number of aromatic nitrogens is 3. The van der Waals surface area contributed by atoms with Crippen LogP contribution in [0.4, 0.5) is 5.69 Å². The highest BCUT2D eigenvalue weighted by Gasteiger charge is 2.25. The molecule has 3 rings (SSSR count). The van der Waals surface area contributed by atoms with Crippen molar-refractivity contribution in [1.29, 1.82) is 0 Å². The molecule has 7 nitrogen and oxygen atoms in total. The van der Waals surface area contributed by atoms with Crippen LogP contribution in [0.2, 0.25) is 10.0 Å². The minimum atomic E-state index is -0.356. The number of rotatable bonds is 10. The van der Waals surface area contributed by atoms with Crippen LogP contribution in [0.3, 0.4) is 0 Å². The van der Waals surface area contributed by atoms with E-state index in [9.17, 15) is 9.59 Å². The van der Waals surface area contributed by atoms with Gasteiger partial charge in [-0.25, -0.2) is 0 Å². The minimum absolute atomic E-state index is 0.158. The highest BCUT2D eigenvalue weighted by molar-refractivity contribution is 7.99. The van der Waals surface area contributed by atoms with Crippen molar-refractivity contribution in [3.63, 3.8) is 0 Å². The second-order valence-electron chi connectivity index (χ2n) is 8.07. The Balaban J connectivity index is 1.74. The van der Waals surface area contributed by atoms with Crippen LogP contribution in [0, 0.1) is 5.92 Å². The lowest BCUT2D eigenvalue weighted by atomic mass is 10.0. The average Bonchev–Trinajstić information content (AvgIpc) is 3.20. The molecule has 1 atom stereocenters. The van der Waals surface area contributed by atoms with Crippen LogP contribution in [0.1, 0.15) is 49.4 Å². The van der Waals surface area contributed by atoms with Gasteiger partial charge >= 0.3 is 0 Å². The molecule has 0 aliphatic heterocycles. The van der Waals surface area contributed by atoms with Gasteiger partial charge in [0.1, 0.15) is 0 Å². The third kappa shape index (κ3) is 6.98. The highest BCUT2D eigenvalue weighted by Crippen LogP contribution is 2.26. The molecular formula is C24H27Cl2N5O2S. The van der Waals surface area contributed by atoms with Gasteiger partial charge in [-0.05, 0) is 49.6 Å².